The van der Waals surface area contributed by atoms with E-state index in [0.717, 1.165) is 17.6 Å². The first kappa shape index (κ1) is 65.5. The van der Waals surface area contributed by atoms with Crippen LogP contribution in [0.25, 0.3) is 0 Å². The lowest BCUT2D eigenvalue weighted by atomic mass is 9.32. The van der Waals surface area contributed by atoms with Crippen LogP contribution in [-0.2, 0) is 47.5 Å². The van der Waals surface area contributed by atoms with Crippen LogP contribution in [0.5, 0.6) is 0 Å². The van der Waals surface area contributed by atoms with E-state index in [1.807, 2.05) is 27.7 Å². The van der Waals surface area contributed by atoms with E-state index < -0.39 is 175 Å². The van der Waals surface area contributed by atoms with Crippen LogP contribution in [0.4, 0.5) is 0 Å². The van der Waals surface area contributed by atoms with Gasteiger partial charge in [-0.2, -0.15) is 0 Å². The van der Waals surface area contributed by atoms with Crippen LogP contribution >= 0.6 is 0 Å². The van der Waals surface area contributed by atoms with Crippen molar-refractivity contribution in [1.29, 1.82) is 0 Å². The summed E-state index contributed by atoms with van der Waals surface area (Å²) >= 11 is 0. The maximum atomic E-state index is 14.1. The number of aliphatic hydroxyl groups excluding tert-OH is 11. The van der Waals surface area contributed by atoms with E-state index in [9.17, 15) is 65.8 Å². The predicted octanol–water partition coefficient (Wildman–Crippen LogP) is 2.76. The second kappa shape index (κ2) is 24.9. The largest absolute Gasteiger partial charge is 0.464 e. The number of carbonyl (C=O) groups is 2. The van der Waals surface area contributed by atoms with Gasteiger partial charge in [0, 0.05) is 11.5 Å². The summed E-state index contributed by atoms with van der Waals surface area (Å²) < 4.78 is 49.2. The number of esters is 2. The van der Waals surface area contributed by atoms with Gasteiger partial charge < -0.3 is 94.1 Å². The fourth-order valence-corrected chi connectivity index (χ4v) is 16.8. The minimum absolute atomic E-state index is 0.0318. The first-order valence-corrected chi connectivity index (χ1v) is 30.0. The van der Waals surface area contributed by atoms with Gasteiger partial charge in [-0.3, -0.25) is 0 Å². The van der Waals surface area contributed by atoms with Gasteiger partial charge in [0.05, 0.1) is 50.2 Å². The van der Waals surface area contributed by atoms with Crippen molar-refractivity contribution in [2.45, 2.75) is 257 Å². The second-order valence-electron chi connectivity index (χ2n) is 27.7. The molecule has 4 saturated carbocycles. The Morgan fingerprint density at radius 3 is 1.93 bits per heavy atom. The number of aliphatic hydroxyl groups is 11. The standard InChI is InChI=1S/C61H98O21/c1-12-13-23-75-52(74)49-47(80-53-44(69)42(67)35(28-63)77-53)46(71)48(81-54-45(70)43(68)41(66)34(27-62)76-54)55(82-49)79-38-20-21-58(9)36(57(38,7)8)19-22-59(10)37(58)18-17-32-33-25-56(5,6)26-39(61(33,29-64)51(73)50(72)60(32,59)11)78-40(65)24-31(4)16-14-15-30(2)3/h15,17,24,33-39,41-51,53-55,62-64,66-73H,12-14,16,18-23,25-29H2,1-11H3/b31-24-/t33-,34-,35-,36+,37-,38-,39-,41+,42+,43+,44+,45-,46+,47-,48+,49-,50+,51+,53+,54-,55-,58+,59+,60-,61+/m1/s1. The van der Waals surface area contributed by atoms with Crippen molar-refractivity contribution in [3.8, 4) is 0 Å². The molecule has 5 aliphatic carbocycles. The number of carbonyl (C=O) groups excluding carboxylic acids is 2. The van der Waals surface area contributed by atoms with Crippen molar-refractivity contribution in [3.05, 3.63) is 34.9 Å². The van der Waals surface area contributed by atoms with Crippen molar-refractivity contribution in [2.75, 3.05) is 26.4 Å². The smallest absolute Gasteiger partial charge is 0.338 e. The molecule has 0 unspecified atom stereocenters. The van der Waals surface area contributed by atoms with Crippen LogP contribution in [0, 0.1) is 50.2 Å². The molecule has 0 bridgehead atoms. The molecule has 11 N–H and O–H groups in total. The summed E-state index contributed by atoms with van der Waals surface area (Å²) in [6, 6.07) is 0. The number of hydrogen-bond donors (Lipinski definition) is 11. The van der Waals surface area contributed by atoms with Gasteiger partial charge in [-0.25, -0.2) is 9.59 Å². The summed E-state index contributed by atoms with van der Waals surface area (Å²) in [5, 5.41) is 124. The molecule has 21 heteroatoms. The molecule has 0 radical (unpaired) electrons. The number of ether oxygens (including phenoxy) is 8. The summed E-state index contributed by atoms with van der Waals surface area (Å²) in [6.07, 6.45) is -16.2. The van der Waals surface area contributed by atoms with Gasteiger partial charge in [-0.05, 0) is 124 Å². The van der Waals surface area contributed by atoms with Gasteiger partial charge in [0.15, 0.2) is 25.0 Å². The molecule has 82 heavy (non-hydrogen) atoms. The Kier molecular flexibility index (Phi) is 19.9. The molecule has 25 atom stereocenters. The van der Waals surface area contributed by atoms with Crippen LogP contribution in [0.15, 0.2) is 34.9 Å². The Balaban J connectivity index is 1.10. The molecule has 0 aromatic rings. The van der Waals surface area contributed by atoms with Gasteiger partial charge in [-0.1, -0.05) is 90.7 Å². The lowest BCUT2D eigenvalue weighted by Gasteiger charge is -2.73. The van der Waals surface area contributed by atoms with E-state index >= 15 is 0 Å². The number of rotatable bonds is 18. The normalized spacial score (nSPS) is 47.0. The minimum Gasteiger partial charge on any atom is -0.464 e. The molecule has 8 rings (SSSR count). The third-order valence-electron chi connectivity index (χ3n) is 21.6. The first-order valence-electron chi connectivity index (χ1n) is 30.0. The maximum Gasteiger partial charge on any atom is 0.338 e. The molecule has 0 amide bonds. The minimum atomic E-state index is -1.96. The zero-order valence-corrected chi connectivity index (χ0v) is 50.0. The molecule has 7 fully saturated rings. The third kappa shape index (κ3) is 11.4. The Bertz CT molecular complexity index is 2340. The van der Waals surface area contributed by atoms with E-state index in [1.54, 1.807) is 0 Å². The van der Waals surface area contributed by atoms with E-state index in [-0.39, 0.29) is 23.9 Å². The topological polar surface area (TPSA) is 331 Å². The van der Waals surface area contributed by atoms with Crippen LogP contribution < -0.4 is 0 Å². The summed E-state index contributed by atoms with van der Waals surface area (Å²) in [5.41, 5.74) is -1.45. The molecule has 3 heterocycles. The molecule has 8 aliphatic rings. The number of allylic oxidation sites excluding steroid dienone is 4. The zero-order valence-electron chi connectivity index (χ0n) is 50.0. The summed E-state index contributed by atoms with van der Waals surface area (Å²) in [5.74, 6) is -2.07. The van der Waals surface area contributed by atoms with Gasteiger partial charge in [-0.15, -0.1) is 0 Å². The average molecular weight is 1170 g/mol. The van der Waals surface area contributed by atoms with Gasteiger partial charge in [0.1, 0.15) is 67.1 Å². The molecule has 0 aromatic carbocycles. The zero-order chi connectivity index (χ0) is 60.4. The van der Waals surface area contributed by atoms with Crippen molar-refractivity contribution in [2.24, 2.45) is 50.2 Å². The Labute approximate surface area is 482 Å². The fourth-order valence-electron chi connectivity index (χ4n) is 16.8. The molecule has 21 nitrogen and oxygen atoms in total. The molecule has 0 spiro atoms. The van der Waals surface area contributed by atoms with Crippen LogP contribution in [0.1, 0.15) is 147 Å². The van der Waals surface area contributed by atoms with Crippen LogP contribution in [0.2, 0.25) is 0 Å². The third-order valence-corrected chi connectivity index (χ3v) is 21.6. The Morgan fingerprint density at radius 2 is 1.32 bits per heavy atom. The van der Waals surface area contributed by atoms with Crippen molar-refractivity contribution >= 4 is 11.9 Å². The Morgan fingerprint density at radius 1 is 0.695 bits per heavy atom. The number of hydrogen-bond acceptors (Lipinski definition) is 21. The molecular formula is C61H98O21. The highest BCUT2D eigenvalue weighted by atomic mass is 16.8. The van der Waals surface area contributed by atoms with Crippen LogP contribution in [-0.4, -0.2) is 205 Å². The predicted molar refractivity (Wildman–Crippen MR) is 293 cm³/mol. The Hall–Kier alpha value is -2.52. The monoisotopic (exact) mass is 1170 g/mol. The van der Waals surface area contributed by atoms with Gasteiger partial charge >= 0.3 is 11.9 Å². The molecule has 0 aromatic heterocycles. The summed E-state index contributed by atoms with van der Waals surface area (Å²) in [7, 11) is 0. The van der Waals surface area contributed by atoms with E-state index in [4.69, 9.17) is 37.9 Å². The van der Waals surface area contributed by atoms with E-state index in [0.29, 0.717) is 64.2 Å². The van der Waals surface area contributed by atoms with E-state index in [1.165, 1.54) is 11.6 Å². The number of fused-ring (bicyclic) bond motifs is 7. The SMILES string of the molecule is CCCCOC(=O)[C@@H]1O[C@@H](O[C@@H]2CC[C@]3(C)[C@H]4CC=C5[C@H]6CC(C)(C)C[C@@H](OC(=O)/C=C(/C)CCC=C(C)C)[C@@]6(CO)[C@@H](O)[C@H](O)[C@]5(C)[C@@]4(C)CC[C@H]3C2(C)C)[C@@H](O[C@H]2O[C@H](CO)[C@H](O)[C@H](O)[C@H]2O)[C@@H](O)[C@H]1O[C@@H]1O[C@H](CO)[C@H](O)[C@@H]1O. The quantitative estimate of drug-likeness (QED) is 0.0309. The highest BCUT2D eigenvalue weighted by Crippen LogP contribution is 2.76. The van der Waals surface area contributed by atoms with Crippen molar-refractivity contribution in [1.82, 2.24) is 0 Å². The molecular weight excluding hydrogens is 1070 g/mol. The number of unbranched alkanes of at least 4 members (excludes halogenated alkanes) is 1. The molecule has 468 valence electrons. The van der Waals surface area contributed by atoms with Crippen LogP contribution in [0.3, 0.4) is 0 Å². The first-order chi connectivity index (χ1) is 38.4. The van der Waals surface area contributed by atoms with Gasteiger partial charge in [0.2, 0.25) is 0 Å². The second-order valence-corrected chi connectivity index (χ2v) is 27.7. The highest BCUT2D eigenvalue weighted by molar-refractivity contribution is 5.83. The molecule has 3 aliphatic heterocycles. The van der Waals surface area contributed by atoms with Crippen molar-refractivity contribution < 1.29 is 104 Å². The van der Waals surface area contributed by atoms with Crippen molar-refractivity contribution in [3.63, 3.8) is 0 Å². The van der Waals surface area contributed by atoms with Gasteiger partial charge in [0.25, 0.3) is 0 Å². The maximum absolute atomic E-state index is 14.1. The lowest BCUT2D eigenvalue weighted by Crippen LogP contribution is -2.74. The highest BCUT2D eigenvalue weighted by Gasteiger charge is 2.75. The molecule has 3 saturated heterocycles. The fraction of sp³-hybridized carbons (Fsp3) is 0.869. The average Bonchev–Trinajstić information content (AvgIpc) is 0.761. The lowest BCUT2D eigenvalue weighted by molar-refractivity contribution is -0.383. The summed E-state index contributed by atoms with van der Waals surface area (Å²) in [4.78, 5) is 27.9. The van der Waals surface area contributed by atoms with E-state index in [2.05, 4.69) is 60.6 Å². The summed E-state index contributed by atoms with van der Waals surface area (Å²) in [6.45, 7) is 20.8.